The molecule has 2 aromatic heterocycles. The summed E-state index contributed by atoms with van der Waals surface area (Å²) in [6, 6.07) is 15.1. The van der Waals surface area contributed by atoms with Gasteiger partial charge in [-0.2, -0.15) is 4.98 Å². The molecule has 1 aliphatic rings. The van der Waals surface area contributed by atoms with Crippen LogP contribution in [0.1, 0.15) is 43.9 Å². The molecule has 0 radical (unpaired) electrons. The van der Waals surface area contributed by atoms with E-state index < -0.39 is 5.97 Å². The molecule has 1 N–H and O–H groups in total. The van der Waals surface area contributed by atoms with Crippen LogP contribution in [-0.2, 0) is 11.3 Å². The number of aromatic nitrogens is 3. The summed E-state index contributed by atoms with van der Waals surface area (Å²) in [5, 5.41) is 14.6. The van der Waals surface area contributed by atoms with Gasteiger partial charge in [0.15, 0.2) is 0 Å². The molecule has 7 nitrogen and oxygen atoms in total. The first kappa shape index (κ1) is 22.3. The van der Waals surface area contributed by atoms with Crippen LogP contribution in [-0.4, -0.2) is 43.8 Å². The van der Waals surface area contributed by atoms with Gasteiger partial charge in [0.05, 0.1) is 5.92 Å². The number of rotatable bonds is 6. The summed E-state index contributed by atoms with van der Waals surface area (Å²) < 4.78 is 7.87. The summed E-state index contributed by atoms with van der Waals surface area (Å²) in [4.78, 5) is 18.2. The zero-order valence-electron chi connectivity index (χ0n) is 19.9. The molecule has 1 saturated heterocycles. The van der Waals surface area contributed by atoms with Crippen LogP contribution < -0.4 is 0 Å². The Hall–Kier alpha value is -3.45. The molecule has 5 rings (SSSR count). The molecule has 0 aliphatic carbocycles. The lowest BCUT2D eigenvalue weighted by atomic mass is 9.96. The molecule has 0 spiro atoms. The van der Waals surface area contributed by atoms with E-state index in [-0.39, 0.29) is 5.92 Å². The van der Waals surface area contributed by atoms with E-state index >= 15 is 0 Å². The SMILES string of the molecule is Cc1cc(CN2CCC(C(=O)O)CC2)ccc1-c1noc(-c2ccc3c(ccn3C(C)C)c2)n1. The molecule has 34 heavy (non-hydrogen) atoms. The predicted octanol–water partition coefficient (Wildman–Crippen LogP) is 5.54. The number of likely N-dealkylation sites (tertiary alicyclic amines) is 1. The third-order valence-corrected chi connectivity index (χ3v) is 6.82. The van der Waals surface area contributed by atoms with Crippen LogP contribution >= 0.6 is 0 Å². The average Bonchev–Trinajstić information content (AvgIpc) is 3.46. The number of benzene rings is 2. The molecule has 0 atom stereocenters. The summed E-state index contributed by atoms with van der Waals surface area (Å²) in [6.07, 6.45) is 3.54. The van der Waals surface area contributed by atoms with E-state index in [0.29, 0.717) is 30.6 Å². The normalized spacial score (nSPS) is 15.4. The van der Waals surface area contributed by atoms with Crippen molar-refractivity contribution in [2.75, 3.05) is 13.1 Å². The van der Waals surface area contributed by atoms with Gasteiger partial charge in [0.25, 0.3) is 5.89 Å². The number of carbonyl (C=O) groups is 1. The van der Waals surface area contributed by atoms with Crippen LogP contribution in [0.15, 0.2) is 53.2 Å². The predicted molar refractivity (Wildman–Crippen MR) is 131 cm³/mol. The van der Waals surface area contributed by atoms with Gasteiger partial charge in [-0.05, 0) is 82.1 Å². The van der Waals surface area contributed by atoms with Crippen LogP contribution in [0.25, 0.3) is 33.7 Å². The Morgan fingerprint density at radius 3 is 2.65 bits per heavy atom. The van der Waals surface area contributed by atoms with Crippen molar-refractivity contribution in [2.45, 2.75) is 46.2 Å². The summed E-state index contributed by atoms with van der Waals surface area (Å²) in [7, 11) is 0. The van der Waals surface area contributed by atoms with E-state index in [1.54, 1.807) is 0 Å². The van der Waals surface area contributed by atoms with E-state index in [0.717, 1.165) is 41.7 Å². The molecule has 1 fully saturated rings. The average molecular weight is 459 g/mol. The second kappa shape index (κ2) is 9.06. The number of fused-ring (bicyclic) bond motifs is 1. The minimum atomic E-state index is -0.673. The zero-order valence-corrected chi connectivity index (χ0v) is 19.9. The number of hydrogen-bond donors (Lipinski definition) is 1. The lowest BCUT2D eigenvalue weighted by Gasteiger charge is -2.30. The standard InChI is InChI=1S/C27H30N4O3/c1-17(2)31-13-10-21-15-22(5-7-24(21)31)26-28-25(29-34-26)23-6-4-19(14-18(23)3)16-30-11-8-20(9-12-30)27(32)33/h4-7,10,13-15,17,20H,8-9,11-12,16H2,1-3H3,(H,32,33). The van der Waals surface area contributed by atoms with Crippen LogP contribution in [0, 0.1) is 12.8 Å². The summed E-state index contributed by atoms with van der Waals surface area (Å²) in [6.45, 7) is 8.86. The molecule has 0 unspecified atom stereocenters. The zero-order chi connectivity index (χ0) is 23.8. The Morgan fingerprint density at radius 2 is 1.94 bits per heavy atom. The van der Waals surface area contributed by atoms with E-state index in [9.17, 15) is 9.90 Å². The molecular weight excluding hydrogens is 428 g/mol. The smallest absolute Gasteiger partial charge is 0.306 e. The van der Waals surface area contributed by atoms with Crippen molar-refractivity contribution in [1.82, 2.24) is 19.6 Å². The topological polar surface area (TPSA) is 84.4 Å². The minimum Gasteiger partial charge on any atom is -0.481 e. The van der Waals surface area contributed by atoms with E-state index in [1.807, 2.05) is 6.07 Å². The van der Waals surface area contributed by atoms with Crippen LogP contribution in [0.2, 0.25) is 0 Å². The Balaban J connectivity index is 1.31. The van der Waals surface area contributed by atoms with Crippen molar-refractivity contribution in [1.29, 1.82) is 0 Å². The van der Waals surface area contributed by atoms with E-state index in [2.05, 4.69) is 83.0 Å². The fourth-order valence-electron chi connectivity index (χ4n) is 4.87. The number of aliphatic carboxylic acids is 1. The van der Waals surface area contributed by atoms with E-state index in [4.69, 9.17) is 4.52 Å². The van der Waals surface area contributed by atoms with Gasteiger partial charge in [-0.15, -0.1) is 0 Å². The van der Waals surface area contributed by atoms with Gasteiger partial charge in [0, 0.05) is 40.8 Å². The maximum atomic E-state index is 11.2. The lowest BCUT2D eigenvalue weighted by Crippen LogP contribution is -2.35. The first-order valence-electron chi connectivity index (χ1n) is 11.9. The van der Waals surface area contributed by atoms with Gasteiger partial charge in [0.1, 0.15) is 0 Å². The highest BCUT2D eigenvalue weighted by Gasteiger charge is 2.24. The van der Waals surface area contributed by atoms with E-state index in [1.165, 1.54) is 11.1 Å². The molecule has 1 aliphatic heterocycles. The van der Waals surface area contributed by atoms with Gasteiger partial charge in [-0.3, -0.25) is 9.69 Å². The summed E-state index contributed by atoms with van der Waals surface area (Å²) in [5.74, 6) is 0.219. The first-order chi connectivity index (χ1) is 16.4. The molecule has 3 heterocycles. The second-order valence-corrected chi connectivity index (χ2v) is 9.55. The number of hydrogen-bond acceptors (Lipinski definition) is 5. The highest BCUT2D eigenvalue weighted by molar-refractivity contribution is 5.84. The van der Waals surface area contributed by atoms with Gasteiger partial charge in [-0.25, -0.2) is 0 Å². The molecule has 0 bridgehead atoms. The van der Waals surface area contributed by atoms with Gasteiger partial charge in [0.2, 0.25) is 5.82 Å². The Labute approximate surface area is 199 Å². The van der Waals surface area contributed by atoms with Crippen molar-refractivity contribution in [2.24, 2.45) is 5.92 Å². The molecular formula is C27H30N4O3. The first-order valence-corrected chi connectivity index (χ1v) is 11.9. The third-order valence-electron chi connectivity index (χ3n) is 6.82. The molecule has 0 saturated carbocycles. The molecule has 2 aromatic carbocycles. The van der Waals surface area contributed by atoms with Gasteiger partial charge in [-0.1, -0.05) is 23.4 Å². The highest BCUT2D eigenvalue weighted by Crippen LogP contribution is 2.29. The Kier molecular flexibility index (Phi) is 5.96. The van der Waals surface area contributed by atoms with Gasteiger partial charge >= 0.3 is 5.97 Å². The monoisotopic (exact) mass is 458 g/mol. The van der Waals surface area contributed by atoms with Crippen molar-refractivity contribution < 1.29 is 14.4 Å². The lowest BCUT2D eigenvalue weighted by molar-refractivity contribution is -0.143. The summed E-state index contributed by atoms with van der Waals surface area (Å²) in [5.41, 5.74) is 5.35. The van der Waals surface area contributed by atoms with Gasteiger partial charge < -0.3 is 14.2 Å². The fraction of sp³-hybridized carbons (Fsp3) is 0.370. The minimum absolute atomic E-state index is 0.205. The number of carboxylic acids is 1. The van der Waals surface area contributed by atoms with Crippen LogP contribution in [0.3, 0.4) is 0 Å². The molecule has 4 aromatic rings. The third kappa shape index (κ3) is 4.35. The van der Waals surface area contributed by atoms with Crippen LogP contribution in [0.5, 0.6) is 0 Å². The fourth-order valence-corrected chi connectivity index (χ4v) is 4.87. The Morgan fingerprint density at radius 1 is 1.15 bits per heavy atom. The maximum absolute atomic E-state index is 11.2. The highest BCUT2D eigenvalue weighted by atomic mass is 16.5. The number of carboxylic acid groups (broad SMARTS) is 1. The van der Waals surface area contributed by atoms with Crippen LogP contribution in [0.4, 0.5) is 0 Å². The molecule has 176 valence electrons. The Bertz CT molecular complexity index is 1330. The second-order valence-electron chi connectivity index (χ2n) is 9.55. The number of nitrogens with zero attached hydrogens (tertiary/aromatic N) is 4. The number of piperidine rings is 1. The van der Waals surface area contributed by atoms with Crippen molar-refractivity contribution in [3.8, 4) is 22.8 Å². The molecule has 7 heteroatoms. The largest absolute Gasteiger partial charge is 0.481 e. The maximum Gasteiger partial charge on any atom is 0.306 e. The van der Waals surface area contributed by atoms with Crippen molar-refractivity contribution in [3.63, 3.8) is 0 Å². The van der Waals surface area contributed by atoms with Crippen molar-refractivity contribution in [3.05, 3.63) is 59.8 Å². The quantitative estimate of drug-likeness (QED) is 0.408. The molecule has 0 amide bonds. The summed E-state index contributed by atoms with van der Waals surface area (Å²) >= 11 is 0. The van der Waals surface area contributed by atoms with Crippen molar-refractivity contribution >= 4 is 16.9 Å². The number of aryl methyl sites for hydroxylation is 1.